The molecule has 0 atom stereocenters. The molecular formula is C19H21FN2O3. The van der Waals surface area contributed by atoms with Gasteiger partial charge >= 0.3 is 0 Å². The molecule has 0 aliphatic rings. The Morgan fingerprint density at radius 1 is 1.20 bits per heavy atom. The molecule has 2 aromatic carbocycles. The molecule has 0 fully saturated rings. The number of rotatable bonds is 6. The van der Waals surface area contributed by atoms with Crippen LogP contribution in [-0.2, 0) is 4.79 Å². The lowest BCUT2D eigenvalue weighted by Gasteiger charge is -2.09. The predicted octanol–water partition coefficient (Wildman–Crippen LogP) is 3.46. The second-order valence-corrected chi connectivity index (χ2v) is 5.64. The Bertz CT molecular complexity index is 803. The third kappa shape index (κ3) is 5.04. The van der Waals surface area contributed by atoms with Crippen molar-refractivity contribution in [2.24, 2.45) is 5.10 Å². The molecule has 6 heteroatoms. The molecule has 132 valence electrons. The predicted molar refractivity (Wildman–Crippen MR) is 94.4 cm³/mol. The maximum absolute atomic E-state index is 13.3. The van der Waals surface area contributed by atoms with E-state index in [0.717, 1.165) is 17.2 Å². The molecule has 2 rings (SSSR count). The molecule has 0 spiro atoms. The summed E-state index contributed by atoms with van der Waals surface area (Å²) >= 11 is 0. The van der Waals surface area contributed by atoms with Crippen LogP contribution in [0.5, 0.6) is 11.5 Å². The smallest absolute Gasteiger partial charge is 0.277 e. The second kappa shape index (κ2) is 8.28. The number of nitrogens with one attached hydrogen (secondary N) is 1. The molecule has 2 N–H and O–H groups in total. The zero-order valence-corrected chi connectivity index (χ0v) is 14.5. The van der Waals surface area contributed by atoms with Crippen LogP contribution in [0, 0.1) is 19.7 Å². The van der Waals surface area contributed by atoms with Crippen molar-refractivity contribution in [1.29, 1.82) is 0 Å². The summed E-state index contributed by atoms with van der Waals surface area (Å²) < 4.78 is 18.8. The molecular weight excluding hydrogens is 323 g/mol. The first-order valence-corrected chi connectivity index (χ1v) is 7.95. The van der Waals surface area contributed by atoms with Crippen LogP contribution < -0.4 is 10.2 Å². The van der Waals surface area contributed by atoms with Crippen molar-refractivity contribution in [2.75, 3.05) is 6.61 Å². The van der Waals surface area contributed by atoms with Crippen molar-refractivity contribution in [2.45, 2.75) is 27.2 Å². The van der Waals surface area contributed by atoms with Crippen molar-refractivity contribution >= 4 is 11.6 Å². The molecule has 25 heavy (non-hydrogen) atoms. The molecule has 0 saturated heterocycles. The lowest BCUT2D eigenvalue weighted by molar-refractivity contribution is -0.123. The van der Waals surface area contributed by atoms with Gasteiger partial charge in [0.25, 0.3) is 5.91 Å². The van der Waals surface area contributed by atoms with Gasteiger partial charge in [0, 0.05) is 5.56 Å². The number of benzene rings is 2. The SMILES string of the molecule is CC/C(=N\NC(=O)COc1ccc(C)c(C)c1)c1cc(F)ccc1O. The van der Waals surface area contributed by atoms with Crippen LogP contribution in [0.25, 0.3) is 0 Å². The third-order valence-electron chi connectivity index (χ3n) is 3.77. The molecule has 0 unspecified atom stereocenters. The summed E-state index contributed by atoms with van der Waals surface area (Å²) in [5, 5.41) is 13.8. The lowest BCUT2D eigenvalue weighted by Crippen LogP contribution is -2.26. The Kier molecular flexibility index (Phi) is 6.11. The van der Waals surface area contributed by atoms with E-state index in [1.807, 2.05) is 26.0 Å². The third-order valence-corrected chi connectivity index (χ3v) is 3.77. The Morgan fingerprint density at radius 3 is 2.64 bits per heavy atom. The highest BCUT2D eigenvalue weighted by Crippen LogP contribution is 2.20. The first-order valence-electron chi connectivity index (χ1n) is 7.95. The number of aromatic hydroxyl groups is 1. The van der Waals surface area contributed by atoms with Crippen LogP contribution in [0.15, 0.2) is 41.5 Å². The number of nitrogens with zero attached hydrogens (tertiary/aromatic N) is 1. The number of phenolic OH excluding ortho intramolecular Hbond substituents is 1. The average Bonchev–Trinajstić information content (AvgIpc) is 2.59. The summed E-state index contributed by atoms with van der Waals surface area (Å²) in [6.45, 7) is 5.55. The standard InChI is InChI=1S/C19H21FN2O3/c1-4-17(16-10-14(20)6-8-18(16)23)21-22-19(24)11-25-15-7-5-12(2)13(3)9-15/h5-10,23H,4,11H2,1-3H3,(H,22,24)/b21-17+. The largest absolute Gasteiger partial charge is 0.507 e. The Hall–Kier alpha value is -2.89. The Morgan fingerprint density at radius 2 is 1.96 bits per heavy atom. The van der Waals surface area contributed by atoms with E-state index in [4.69, 9.17) is 4.74 Å². The van der Waals surface area contributed by atoms with E-state index in [1.54, 1.807) is 13.0 Å². The van der Waals surface area contributed by atoms with Gasteiger partial charge < -0.3 is 9.84 Å². The first-order chi connectivity index (χ1) is 11.9. The van der Waals surface area contributed by atoms with Gasteiger partial charge in [0.2, 0.25) is 0 Å². The number of aryl methyl sites for hydroxylation is 2. The fourth-order valence-corrected chi connectivity index (χ4v) is 2.18. The highest BCUT2D eigenvalue weighted by Gasteiger charge is 2.10. The molecule has 0 aromatic heterocycles. The quantitative estimate of drug-likeness (QED) is 0.623. The molecule has 0 aliphatic carbocycles. The topological polar surface area (TPSA) is 70.9 Å². The summed E-state index contributed by atoms with van der Waals surface area (Å²) in [5.41, 5.74) is 5.20. The van der Waals surface area contributed by atoms with Gasteiger partial charge in [0.15, 0.2) is 6.61 Å². The molecule has 0 aliphatic heterocycles. The van der Waals surface area contributed by atoms with Crippen LogP contribution in [-0.4, -0.2) is 23.3 Å². The normalized spacial score (nSPS) is 11.3. The number of carbonyl (C=O) groups is 1. The van der Waals surface area contributed by atoms with E-state index in [9.17, 15) is 14.3 Å². The molecule has 2 aromatic rings. The Balaban J connectivity index is 1.99. The van der Waals surface area contributed by atoms with E-state index < -0.39 is 11.7 Å². The van der Waals surface area contributed by atoms with Gasteiger partial charge in [-0.05, 0) is 61.7 Å². The van der Waals surface area contributed by atoms with Gasteiger partial charge in [-0.15, -0.1) is 0 Å². The van der Waals surface area contributed by atoms with Crippen LogP contribution in [0.2, 0.25) is 0 Å². The number of amides is 1. The van der Waals surface area contributed by atoms with Gasteiger partial charge in [0.1, 0.15) is 17.3 Å². The summed E-state index contributed by atoms with van der Waals surface area (Å²) in [7, 11) is 0. The van der Waals surface area contributed by atoms with Gasteiger partial charge in [-0.3, -0.25) is 4.79 Å². The molecule has 0 heterocycles. The number of hydrazone groups is 1. The molecule has 0 radical (unpaired) electrons. The summed E-state index contributed by atoms with van der Waals surface area (Å²) in [4.78, 5) is 11.9. The van der Waals surface area contributed by atoms with Gasteiger partial charge in [-0.2, -0.15) is 5.10 Å². The zero-order valence-electron chi connectivity index (χ0n) is 14.5. The molecule has 1 amide bonds. The molecule has 5 nitrogen and oxygen atoms in total. The second-order valence-electron chi connectivity index (χ2n) is 5.64. The van der Waals surface area contributed by atoms with E-state index in [2.05, 4.69) is 10.5 Å². The van der Waals surface area contributed by atoms with Crippen LogP contribution in [0.4, 0.5) is 4.39 Å². The van der Waals surface area contributed by atoms with Gasteiger partial charge in [0.05, 0.1) is 5.71 Å². The van der Waals surface area contributed by atoms with Crippen LogP contribution >= 0.6 is 0 Å². The minimum absolute atomic E-state index is 0.0948. The highest BCUT2D eigenvalue weighted by atomic mass is 19.1. The first kappa shape index (κ1) is 18.4. The average molecular weight is 344 g/mol. The van der Waals surface area contributed by atoms with E-state index in [1.165, 1.54) is 12.1 Å². The fraction of sp³-hybridized carbons (Fsp3) is 0.263. The highest BCUT2D eigenvalue weighted by molar-refractivity contribution is 6.03. The molecule has 0 saturated carbocycles. The fourth-order valence-electron chi connectivity index (χ4n) is 2.18. The number of phenols is 1. The lowest BCUT2D eigenvalue weighted by atomic mass is 10.1. The number of hydrogen-bond acceptors (Lipinski definition) is 4. The number of halogens is 1. The monoisotopic (exact) mass is 344 g/mol. The maximum atomic E-state index is 13.3. The van der Waals surface area contributed by atoms with Gasteiger partial charge in [-0.25, -0.2) is 9.82 Å². The maximum Gasteiger partial charge on any atom is 0.277 e. The zero-order chi connectivity index (χ0) is 18.4. The summed E-state index contributed by atoms with van der Waals surface area (Å²) in [5.74, 6) is -0.429. The minimum atomic E-state index is -0.488. The Labute approximate surface area is 146 Å². The summed E-state index contributed by atoms with van der Waals surface area (Å²) in [6, 6.07) is 9.15. The van der Waals surface area contributed by atoms with Crippen molar-refractivity contribution in [3.63, 3.8) is 0 Å². The number of hydrogen-bond donors (Lipinski definition) is 2. The van der Waals surface area contributed by atoms with Crippen LogP contribution in [0.3, 0.4) is 0 Å². The van der Waals surface area contributed by atoms with Crippen LogP contribution in [0.1, 0.15) is 30.0 Å². The molecule has 0 bridgehead atoms. The minimum Gasteiger partial charge on any atom is -0.507 e. The van der Waals surface area contributed by atoms with Crippen molar-refractivity contribution in [3.8, 4) is 11.5 Å². The van der Waals surface area contributed by atoms with Crippen molar-refractivity contribution in [1.82, 2.24) is 5.43 Å². The van der Waals surface area contributed by atoms with Crippen molar-refractivity contribution < 1.29 is 19.0 Å². The van der Waals surface area contributed by atoms with Crippen molar-refractivity contribution in [3.05, 3.63) is 58.9 Å². The van der Waals surface area contributed by atoms with E-state index in [0.29, 0.717) is 17.9 Å². The number of ether oxygens (including phenoxy) is 1. The van der Waals surface area contributed by atoms with E-state index in [-0.39, 0.29) is 17.9 Å². The summed E-state index contributed by atoms with van der Waals surface area (Å²) in [6.07, 6.45) is 0.412. The number of carbonyl (C=O) groups excluding carboxylic acids is 1. The van der Waals surface area contributed by atoms with E-state index >= 15 is 0 Å². The van der Waals surface area contributed by atoms with Gasteiger partial charge in [-0.1, -0.05) is 13.0 Å².